The molecule has 3 aromatic rings. The second kappa shape index (κ2) is 9.19. The molecule has 0 bridgehead atoms. The first-order valence-electron chi connectivity index (χ1n) is 10.5. The van der Waals surface area contributed by atoms with Crippen LogP contribution in [0.15, 0.2) is 58.4 Å². The molecule has 2 aromatic carbocycles. The van der Waals surface area contributed by atoms with Crippen LogP contribution in [0.4, 0.5) is 14.9 Å². The number of urea groups is 1. The number of likely N-dealkylation sites (tertiary alicyclic amines) is 1. The molecule has 5 amide bonds. The summed E-state index contributed by atoms with van der Waals surface area (Å²) in [7, 11) is 0. The molecule has 3 unspecified atom stereocenters. The van der Waals surface area contributed by atoms with E-state index in [0.717, 1.165) is 23.1 Å². The summed E-state index contributed by atoms with van der Waals surface area (Å²) in [6.07, 6.45) is 0. The lowest BCUT2D eigenvalue weighted by molar-refractivity contribution is -0.135. The number of carbonyl (C=O) groups excluding carboxylic acids is 4. The number of halogens is 2. The van der Waals surface area contributed by atoms with E-state index in [1.165, 1.54) is 28.8 Å². The number of carbonyl (C=O) groups is 4. The van der Waals surface area contributed by atoms with Crippen LogP contribution in [0.5, 0.6) is 0 Å². The van der Waals surface area contributed by atoms with Gasteiger partial charge in [-0.1, -0.05) is 46.8 Å². The zero-order valence-corrected chi connectivity index (χ0v) is 20.5. The predicted molar refractivity (Wildman–Crippen MR) is 131 cm³/mol. The third-order valence-electron chi connectivity index (χ3n) is 5.93. The van der Waals surface area contributed by atoms with Gasteiger partial charge in [-0.2, -0.15) is 4.90 Å². The van der Waals surface area contributed by atoms with Gasteiger partial charge in [-0.25, -0.2) is 9.18 Å². The molecule has 2 aliphatic heterocycles. The SMILES string of the molecule is NC(=O)N1C(=O)C2Sc3c(sc(=O)n3CC(=O)Nc3ccc(Cl)cc3)C(c3ccc(F)cc3)C2C1=O. The van der Waals surface area contributed by atoms with E-state index in [1.54, 1.807) is 24.3 Å². The van der Waals surface area contributed by atoms with Crippen LogP contribution in [0.2, 0.25) is 5.02 Å². The largest absolute Gasteiger partial charge is 0.351 e. The van der Waals surface area contributed by atoms with Gasteiger partial charge >= 0.3 is 10.9 Å². The summed E-state index contributed by atoms with van der Waals surface area (Å²) >= 11 is 7.64. The standard InChI is InChI=1S/C23H16ClFN4O5S2/c24-11-3-7-13(8-4-11)27-14(30)9-28-21-18(36-23(28)34)15(10-1-5-12(25)6-2-10)16-17(35-21)20(32)29(19(16)31)22(26)33/h1-8,15-17H,9H2,(H2,26,33)(H,27,30). The van der Waals surface area contributed by atoms with Crippen LogP contribution in [0.25, 0.3) is 0 Å². The average Bonchev–Trinajstić information content (AvgIpc) is 3.27. The number of benzene rings is 2. The molecule has 184 valence electrons. The number of imide groups is 3. The fraction of sp³-hybridized carbons (Fsp3) is 0.174. The first kappa shape index (κ1) is 24.2. The van der Waals surface area contributed by atoms with Crippen molar-refractivity contribution in [1.82, 2.24) is 9.47 Å². The normalized spacial score (nSPS) is 20.7. The summed E-state index contributed by atoms with van der Waals surface area (Å²) in [6.45, 7) is -0.352. The highest BCUT2D eigenvalue weighted by Crippen LogP contribution is 2.53. The number of fused-ring (bicyclic) bond motifs is 2. The molecular formula is C23H16ClFN4O5S2. The topological polar surface area (TPSA) is 132 Å². The maximum atomic E-state index is 13.6. The van der Waals surface area contributed by atoms with Crippen molar-refractivity contribution < 1.29 is 23.6 Å². The number of nitrogens with two attached hydrogens (primary N) is 1. The Morgan fingerprint density at radius 2 is 1.69 bits per heavy atom. The van der Waals surface area contributed by atoms with Gasteiger partial charge in [0.1, 0.15) is 17.6 Å². The van der Waals surface area contributed by atoms with Crippen LogP contribution in [0.1, 0.15) is 16.4 Å². The maximum Gasteiger partial charge on any atom is 0.328 e. The number of primary amides is 1. The lowest BCUT2D eigenvalue weighted by Crippen LogP contribution is -2.41. The predicted octanol–water partition coefficient (Wildman–Crippen LogP) is 3.01. The Labute approximate surface area is 216 Å². The highest BCUT2D eigenvalue weighted by Gasteiger charge is 2.57. The van der Waals surface area contributed by atoms with Crippen LogP contribution >= 0.6 is 34.7 Å². The fourth-order valence-electron chi connectivity index (χ4n) is 4.38. The van der Waals surface area contributed by atoms with E-state index < -0.39 is 51.5 Å². The van der Waals surface area contributed by atoms with Gasteiger partial charge in [-0.3, -0.25) is 23.7 Å². The molecule has 3 atom stereocenters. The summed E-state index contributed by atoms with van der Waals surface area (Å²) in [6, 6.07) is 10.6. The van der Waals surface area contributed by atoms with Crippen molar-refractivity contribution in [3.63, 3.8) is 0 Å². The number of hydrogen-bond acceptors (Lipinski definition) is 7. The first-order valence-corrected chi connectivity index (χ1v) is 12.6. The molecule has 0 aliphatic carbocycles. The van der Waals surface area contributed by atoms with Crippen LogP contribution in [-0.2, 0) is 20.9 Å². The maximum absolute atomic E-state index is 13.6. The Hall–Kier alpha value is -3.48. The minimum absolute atomic E-state index is 0.333. The molecule has 0 saturated carbocycles. The highest BCUT2D eigenvalue weighted by atomic mass is 35.5. The second-order valence-electron chi connectivity index (χ2n) is 8.12. The number of nitrogens with one attached hydrogen (secondary N) is 1. The molecule has 1 saturated heterocycles. The summed E-state index contributed by atoms with van der Waals surface area (Å²) in [5.41, 5.74) is 6.26. The van der Waals surface area contributed by atoms with E-state index in [4.69, 9.17) is 17.3 Å². The molecule has 9 nitrogen and oxygen atoms in total. The molecule has 1 aromatic heterocycles. The smallest absolute Gasteiger partial charge is 0.328 e. The summed E-state index contributed by atoms with van der Waals surface area (Å²) < 4.78 is 14.9. The third kappa shape index (κ3) is 4.10. The number of hydrogen-bond donors (Lipinski definition) is 2. The Balaban J connectivity index is 1.55. The Morgan fingerprint density at radius 3 is 2.33 bits per heavy atom. The molecule has 0 radical (unpaired) electrons. The zero-order chi connectivity index (χ0) is 25.7. The van der Waals surface area contributed by atoms with Gasteiger partial charge in [-0.05, 0) is 42.0 Å². The van der Waals surface area contributed by atoms with E-state index in [-0.39, 0.29) is 6.54 Å². The molecule has 2 aliphatic rings. The summed E-state index contributed by atoms with van der Waals surface area (Å²) in [4.78, 5) is 64.1. The van der Waals surface area contributed by atoms with Crippen molar-refractivity contribution in [2.75, 3.05) is 5.32 Å². The zero-order valence-electron chi connectivity index (χ0n) is 18.1. The van der Waals surface area contributed by atoms with Crippen LogP contribution in [0, 0.1) is 11.7 Å². The van der Waals surface area contributed by atoms with Crippen molar-refractivity contribution in [1.29, 1.82) is 0 Å². The molecule has 3 heterocycles. The Kier molecular flexibility index (Phi) is 6.18. The monoisotopic (exact) mass is 546 g/mol. The molecular weight excluding hydrogens is 531 g/mol. The Morgan fingerprint density at radius 1 is 1.03 bits per heavy atom. The minimum atomic E-state index is -1.19. The van der Waals surface area contributed by atoms with Crippen LogP contribution < -0.4 is 15.9 Å². The van der Waals surface area contributed by atoms with E-state index in [0.29, 0.717) is 31.1 Å². The van der Waals surface area contributed by atoms with Gasteiger partial charge in [0, 0.05) is 21.5 Å². The van der Waals surface area contributed by atoms with E-state index >= 15 is 0 Å². The first-order chi connectivity index (χ1) is 17.2. The third-order valence-corrected chi connectivity index (χ3v) is 8.78. The number of thiazole rings is 1. The molecule has 3 N–H and O–H groups in total. The minimum Gasteiger partial charge on any atom is -0.351 e. The number of rotatable bonds is 4. The quantitative estimate of drug-likeness (QED) is 0.484. The van der Waals surface area contributed by atoms with E-state index in [2.05, 4.69) is 5.32 Å². The lowest BCUT2D eigenvalue weighted by atomic mass is 9.83. The van der Waals surface area contributed by atoms with Crippen molar-refractivity contribution in [2.45, 2.75) is 22.7 Å². The van der Waals surface area contributed by atoms with E-state index in [1.807, 2.05) is 0 Å². The number of nitrogens with zero attached hydrogens (tertiary/aromatic N) is 2. The number of thioether (sulfide) groups is 1. The van der Waals surface area contributed by atoms with Crippen LogP contribution in [-0.4, -0.2) is 38.5 Å². The second-order valence-corrected chi connectivity index (χ2v) is 10.7. The number of amides is 5. The molecule has 5 rings (SSSR count). The molecule has 1 fully saturated rings. The van der Waals surface area contributed by atoms with Crippen molar-refractivity contribution >= 4 is 64.1 Å². The van der Waals surface area contributed by atoms with Crippen molar-refractivity contribution in [2.24, 2.45) is 11.7 Å². The molecule has 36 heavy (non-hydrogen) atoms. The van der Waals surface area contributed by atoms with Gasteiger partial charge < -0.3 is 11.1 Å². The molecule has 13 heteroatoms. The summed E-state index contributed by atoms with van der Waals surface area (Å²) in [5.74, 6) is -4.41. The number of aromatic nitrogens is 1. The van der Waals surface area contributed by atoms with Gasteiger partial charge in [0.05, 0.1) is 10.9 Å². The van der Waals surface area contributed by atoms with Crippen molar-refractivity contribution in [3.8, 4) is 0 Å². The van der Waals surface area contributed by atoms with E-state index in [9.17, 15) is 28.4 Å². The fourth-order valence-corrected chi connectivity index (χ4v) is 7.28. The van der Waals surface area contributed by atoms with Crippen LogP contribution in [0.3, 0.4) is 0 Å². The van der Waals surface area contributed by atoms with Gasteiger partial charge in [0.15, 0.2) is 0 Å². The van der Waals surface area contributed by atoms with Gasteiger partial charge in [-0.15, -0.1) is 0 Å². The summed E-state index contributed by atoms with van der Waals surface area (Å²) in [5, 5.41) is 2.46. The van der Waals surface area contributed by atoms with Crippen molar-refractivity contribution in [3.05, 3.63) is 79.5 Å². The highest BCUT2D eigenvalue weighted by molar-refractivity contribution is 8.00. The van der Waals surface area contributed by atoms with Gasteiger partial charge in [0.2, 0.25) is 11.8 Å². The number of anilines is 1. The molecule has 0 spiro atoms. The average molecular weight is 547 g/mol. The Bertz CT molecular complexity index is 1470. The van der Waals surface area contributed by atoms with Gasteiger partial charge in [0.25, 0.3) is 5.91 Å². The lowest BCUT2D eigenvalue weighted by Gasteiger charge is -2.30.